The first-order valence-corrected chi connectivity index (χ1v) is 46.0. The van der Waals surface area contributed by atoms with Gasteiger partial charge in [-0.2, -0.15) is 0 Å². The van der Waals surface area contributed by atoms with Crippen LogP contribution in [0.5, 0.6) is 5.75 Å². The SMILES string of the molecule is COC1C(CO)OC(OC2C(CO)OC(OC3C(CO)OC(OC4C(CO)OC(OC5C(CO)OC(OC6C(CO)OC(OC7C(CO)OC(OC8C(CO)OC(OC9C(CO)OC(OC%10C(CO)OC(OC%11C(CO)OC(Oc%12ccc(CC%13NC(=O)C(NC(=O)CN)C%13(C)C)cc%12)C(O)C%11O)C(O)C%10O)C(O)C9O)C(O)C8O)C(O)C7O)C(O)C6O)C(O)C5O)C(O)C4O)C(O)C3O)C(O)C2O)C(O)C1O. The van der Waals surface area contributed by atoms with E-state index in [1.165, 1.54) is 12.1 Å². The summed E-state index contributed by atoms with van der Waals surface area (Å²) in [6, 6.07) is 5.02. The maximum atomic E-state index is 12.8. The Labute approximate surface area is 810 Å². The number of benzene rings is 1. The number of nitrogens with two attached hydrogens (primary N) is 1. The van der Waals surface area contributed by atoms with Gasteiger partial charge in [-0.1, -0.05) is 26.0 Å². The van der Waals surface area contributed by atoms with Gasteiger partial charge in [0, 0.05) is 18.6 Å². The summed E-state index contributed by atoms with van der Waals surface area (Å²) >= 11 is 0. The van der Waals surface area contributed by atoms with Crippen molar-refractivity contribution in [3.05, 3.63) is 29.8 Å². The average Bonchev–Trinajstić information content (AvgIpc) is 1.38. The third kappa shape index (κ3) is 24.2. The van der Waals surface area contributed by atoms with Crippen molar-refractivity contribution < 1.29 is 287 Å². The van der Waals surface area contributed by atoms with Crippen LogP contribution in [0.3, 0.4) is 0 Å². The number of methoxy groups -OCH3 is 1. The third-order valence-electron chi connectivity index (χ3n) is 27.5. The number of hydrogen-bond donors (Lipinski definition) is 36. The van der Waals surface area contributed by atoms with Crippen molar-refractivity contribution in [3.8, 4) is 5.75 Å². The van der Waals surface area contributed by atoms with Gasteiger partial charge in [0.15, 0.2) is 62.9 Å². The second kappa shape index (κ2) is 50.1. The Morgan fingerprint density at radius 1 is 0.294 bits per heavy atom. The van der Waals surface area contributed by atoms with Crippen molar-refractivity contribution in [2.75, 3.05) is 86.3 Å². The van der Waals surface area contributed by atoms with Gasteiger partial charge in [0.25, 0.3) is 0 Å². The zero-order chi connectivity index (χ0) is 104. The summed E-state index contributed by atoms with van der Waals surface area (Å²) in [7, 11) is 1.16. The lowest BCUT2D eigenvalue weighted by Crippen LogP contribution is -2.68. The Balaban J connectivity index is 0.559. The van der Waals surface area contributed by atoms with E-state index in [2.05, 4.69) is 10.6 Å². The van der Waals surface area contributed by atoms with Crippen LogP contribution >= 0.6 is 0 Å². The molecule has 1 aromatic rings. The van der Waals surface area contributed by atoms with Crippen LogP contribution in [-0.4, -0.2) is 617 Å². The Bertz CT molecular complexity index is 3990. The standard InChI is InChI=1S/C82H133N3O58/c1-82(2)34(84-70(120)69(82)85-35(97)9-83)8-21-4-6-22(7-5-21)122-71-48(110)37(99)59(24(11-87)124-71)135-73-50(112)39(101)61(26(13-89)126-73)137-75-52(114)41(103)63(28(15-91)128-75)139-77-54(116)43(105)65(30(17-93)130-77)141-79-56(118)45(107)67(32(19-95)132-79)143-81-57(119)46(108)68(33(20-96)133-81)142-80-55(117)44(106)66(31(18-94)131-80)140-78-53(115)42(104)64(29(16-92)129-78)138-76-51(113)40(102)62(27(14-90)127-76)136-74-49(111)38(100)60(25(12-88)125-74)134-72-47(109)36(98)58(121-3)23(10-86)123-72/h4-7,23-34,36-69,71-81,86-96,98-119H,8-20,83H2,1-3H3,(H,84,120)(H,85,97). The quantitative estimate of drug-likeness (QED) is 0.0292. The number of nitrogens with one attached hydrogen (secondary N) is 2. The van der Waals surface area contributed by atoms with Crippen LogP contribution in [0.2, 0.25) is 0 Å². The molecule has 12 aliphatic rings. The zero-order valence-electron chi connectivity index (χ0n) is 76.5. The number of rotatable bonds is 38. The lowest BCUT2D eigenvalue weighted by Gasteiger charge is -2.50. The fraction of sp³-hybridized carbons (Fsp3) is 0.902. The Morgan fingerprint density at radius 2 is 0.469 bits per heavy atom. The van der Waals surface area contributed by atoms with E-state index in [1.807, 2.05) is 0 Å². The molecular formula is C82H133N3O58. The van der Waals surface area contributed by atoms with Crippen molar-refractivity contribution in [1.29, 1.82) is 0 Å². The molecule has 0 spiro atoms. The van der Waals surface area contributed by atoms with Gasteiger partial charge < -0.3 is 294 Å². The van der Waals surface area contributed by atoms with Gasteiger partial charge in [0.2, 0.25) is 18.1 Å². The Morgan fingerprint density at radius 3 is 0.650 bits per heavy atom. The first-order valence-electron chi connectivity index (χ1n) is 46.0. The number of aliphatic hydroxyl groups is 33. The molecule has 0 aromatic heterocycles. The monoisotopic (exact) mass is 2090 g/mol. The molecule has 61 nitrogen and oxygen atoms in total. The first-order chi connectivity index (χ1) is 68.0. The highest BCUT2D eigenvalue weighted by atomic mass is 16.8. The minimum Gasteiger partial charge on any atom is -0.462 e. The van der Waals surface area contributed by atoms with Crippen LogP contribution in [0.25, 0.3) is 0 Å². The molecule has 13 rings (SSSR count). The third-order valence-corrected chi connectivity index (χ3v) is 27.5. The zero-order valence-corrected chi connectivity index (χ0v) is 76.5. The molecule has 0 aliphatic carbocycles. The molecule has 12 aliphatic heterocycles. The minimum atomic E-state index is -2.36. The average molecular weight is 2090 g/mol. The predicted octanol–water partition coefficient (Wildman–Crippen LogP) is -23.7. The van der Waals surface area contributed by atoms with Crippen molar-refractivity contribution in [2.45, 2.75) is 370 Å². The molecule has 143 heavy (non-hydrogen) atoms. The molecule has 2 amide bonds. The molecule has 37 N–H and O–H groups in total. The van der Waals surface area contributed by atoms with Crippen molar-refractivity contribution in [1.82, 2.24) is 10.6 Å². The largest absolute Gasteiger partial charge is 0.462 e. The van der Waals surface area contributed by atoms with Crippen LogP contribution in [0.15, 0.2) is 24.3 Å². The molecule has 57 atom stereocenters. The molecule has 824 valence electrons. The van der Waals surface area contributed by atoms with Crippen molar-refractivity contribution in [2.24, 2.45) is 11.1 Å². The number of carbonyl (C=O) groups is 2. The fourth-order valence-corrected chi connectivity index (χ4v) is 19.2. The maximum Gasteiger partial charge on any atom is 0.243 e. The maximum absolute atomic E-state index is 12.8. The topological polar surface area (TPSA) is 964 Å². The van der Waals surface area contributed by atoms with Crippen molar-refractivity contribution >= 4 is 11.8 Å². The number of ether oxygens (including phenoxy) is 23. The predicted molar refractivity (Wildman–Crippen MR) is 442 cm³/mol. The van der Waals surface area contributed by atoms with Crippen LogP contribution in [0.4, 0.5) is 0 Å². The summed E-state index contributed by atoms with van der Waals surface area (Å²) in [5.74, 6) is -0.794. The Kier molecular flexibility index (Phi) is 40.6. The summed E-state index contributed by atoms with van der Waals surface area (Å²) in [4.78, 5) is 24.9. The second-order valence-corrected chi connectivity index (χ2v) is 37.0. The summed E-state index contributed by atoms with van der Waals surface area (Å²) in [5, 5.41) is 371. The molecule has 1 aromatic carbocycles. The Hall–Kier alpha value is -4.28. The van der Waals surface area contributed by atoms with Crippen LogP contribution in [-0.2, 0) is 120 Å². The summed E-state index contributed by atoms with van der Waals surface area (Å²) in [6.07, 6.45) is -111. The lowest BCUT2D eigenvalue weighted by atomic mass is 9.78. The van der Waals surface area contributed by atoms with E-state index in [-0.39, 0.29) is 12.3 Å². The van der Waals surface area contributed by atoms with Gasteiger partial charge in [0.05, 0.1) is 79.2 Å². The van der Waals surface area contributed by atoms with Gasteiger partial charge in [-0.25, -0.2) is 0 Å². The second-order valence-electron chi connectivity index (χ2n) is 37.0. The van der Waals surface area contributed by atoms with E-state index in [0.717, 1.165) is 7.11 Å². The summed E-state index contributed by atoms with van der Waals surface area (Å²) in [6.45, 7) is -8.45. The molecule has 61 heteroatoms. The molecule has 0 saturated carbocycles. The number of amides is 2. The molecule has 0 bridgehead atoms. The van der Waals surface area contributed by atoms with Gasteiger partial charge in [-0.05, 0) is 24.1 Å². The number of hydrogen-bond acceptors (Lipinski definition) is 59. The molecule has 12 fully saturated rings. The van der Waals surface area contributed by atoms with E-state index in [4.69, 9.17) is 115 Å². The smallest absolute Gasteiger partial charge is 0.243 e. The van der Waals surface area contributed by atoms with Crippen LogP contribution in [0.1, 0.15) is 19.4 Å². The highest BCUT2D eigenvalue weighted by molar-refractivity contribution is 5.91. The molecule has 57 unspecified atom stereocenters. The summed E-state index contributed by atoms with van der Waals surface area (Å²) in [5.41, 5.74) is 5.41. The van der Waals surface area contributed by atoms with E-state index in [9.17, 15) is 178 Å². The van der Waals surface area contributed by atoms with Crippen molar-refractivity contribution in [3.63, 3.8) is 0 Å². The molecule has 0 radical (unpaired) electrons. The molecule has 12 saturated heterocycles. The van der Waals surface area contributed by atoms with Gasteiger partial charge in [-0.15, -0.1) is 0 Å². The normalized spacial score (nSPS) is 49.5. The van der Waals surface area contributed by atoms with Gasteiger partial charge in [-0.3, -0.25) is 9.59 Å². The number of carbonyl (C=O) groups excluding carboxylic acids is 2. The minimum absolute atomic E-state index is 0.107. The fourth-order valence-electron chi connectivity index (χ4n) is 19.2. The van der Waals surface area contributed by atoms with E-state index < -0.39 is 440 Å². The van der Waals surface area contributed by atoms with E-state index in [0.29, 0.717) is 12.0 Å². The van der Waals surface area contributed by atoms with Crippen LogP contribution in [0, 0.1) is 5.41 Å². The van der Waals surface area contributed by atoms with Gasteiger partial charge >= 0.3 is 0 Å². The van der Waals surface area contributed by atoms with E-state index in [1.54, 1.807) is 26.0 Å². The highest BCUT2D eigenvalue weighted by Gasteiger charge is 2.63. The lowest BCUT2D eigenvalue weighted by molar-refractivity contribution is -0.401. The molecular weight excluding hydrogens is 1950 g/mol. The van der Waals surface area contributed by atoms with Crippen LogP contribution < -0.4 is 21.1 Å². The van der Waals surface area contributed by atoms with E-state index >= 15 is 0 Å². The summed E-state index contributed by atoms with van der Waals surface area (Å²) < 4.78 is 131. The molecule has 12 heterocycles. The highest BCUT2D eigenvalue weighted by Crippen LogP contribution is 2.43. The van der Waals surface area contributed by atoms with Gasteiger partial charge in [0.1, 0.15) is 280 Å². The first kappa shape index (κ1) is 116. The number of aliphatic hydroxyl groups excluding tert-OH is 33.